The summed E-state index contributed by atoms with van der Waals surface area (Å²) in [7, 11) is 1.72. The molecule has 0 radical (unpaired) electrons. The molecule has 2 rings (SSSR count). The molecule has 0 spiro atoms. The number of fused-ring (bicyclic) bond motifs is 1. The largest absolute Gasteiger partial charge is 0.478 e. The summed E-state index contributed by atoms with van der Waals surface area (Å²) in [6.07, 6.45) is -0.544. The van der Waals surface area contributed by atoms with Crippen molar-refractivity contribution in [1.29, 1.82) is 0 Å². The Morgan fingerprint density at radius 3 is 2.64 bits per heavy atom. The molecule has 1 aromatic carbocycles. The zero-order chi connectivity index (χ0) is 16.5. The van der Waals surface area contributed by atoms with Crippen molar-refractivity contribution in [1.82, 2.24) is 14.9 Å². The van der Waals surface area contributed by atoms with E-state index in [0.717, 1.165) is 0 Å². The molecule has 0 saturated heterocycles. The van der Waals surface area contributed by atoms with E-state index in [1.54, 1.807) is 44.5 Å². The molecule has 0 aliphatic heterocycles. The number of carboxylic acid groups (broad SMARTS) is 1. The summed E-state index contributed by atoms with van der Waals surface area (Å²) in [5.74, 6) is -0.463. The van der Waals surface area contributed by atoms with Crippen LogP contribution in [0.5, 0.6) is 0 Å². The maximum Gasteiger partial charge on any atom is 0.408 e. The monoisotopic (exact) mass is 305 g/mol. The van der Waals surface area contributed by atoms with Gasteiger partial charge < -0.3 is 19.7 Å². The van der Waals surface area contributed by atoms with Crippen LogP contribution in [-0.2, 0) is 18.3 Å². The molecule has 1 heterocycles. The number of aryl methyl sites for hydroxylation is 1. The van der Waals surface area contributed by atoms with Gasteiger partial charge in [0.05, 0.1) is 23.1 Å². The van der Waals surface area contributed by atoms with Crippen molar-refractivity contribution in [2.75, 3.05) is 0 Å². The molecule has 7 heteroatoms. The highest BCUT2D eigenvalue weighted by Crippen LogP contribution is 2.19. The number of imidazole rings is 1. The lowest BCUT2D eigenvalue weighted by Gasteiger charge is -2.19. The summed E-state index contributed by atoms with van der Waals surface area (Å²) in [5, 5.41) is 11.8. The fourth-order valence-electron chi connectivity index (χ4n) is 2.11. The fraction of sp³-hybridized carbons (Fsp3) is 0.400. The molecule has 0 fully saturated rings. The van der Waals surface area contributed by atoms with Gasteiger partial charge in [0.25, 0.3) is 0 Å². The van der Waals surface area contributed by atoms with Gasteiger partial charge in [-0.1, -0.05) is 6.07 Å². The van der Waals surface area contributed by atoms with Gasteiger partial charge in [0.2, 0.25) is 0 Å². The van der Waals surface area contributed by atoms with Crippen LogP contribution in [-0.4, -0.2) is 32.3 Å². The Morgan fingerprint density at radius 1 is 1.36 bits per heavy atom. The molecule has 2 N–H and O–H groups in total. The number of carboxylic acids is 1. The molecule has 0 unspecified atom stereocenters. The SMILES string of the molecule is Cn1c(CNC(=O)OC(C)(C)C)nc2cccc(C(=O)O)c21. The van der Waals surface area contributed by atoms with Gasteiger partial charge in [0, 0.05) is 7.05 Å². The second kappa shape index (κ2) is 5.67. The number of nitrogens with zero attached hydrogens (tertiary/aromatic N) is 2. The number of carbonyl (C=O) groups is 2. The Bertz CT molecular complexity index is 728. The van der Waals surface area contributed by atoms with Gasteiger partial charge in [0.15, 0.2) is 0 Å². The van der Waals surface area contributed by atoms with Crippen molar-refractivity contribution in [3.63, 3.8) is 0 Å². The standard InChI is InChI=1S/C15H19N3O4/c1-15(2,3)22-14(21)16-8-11-17-10-7-5-6-9(13(19)20)12(10)18(11)4/h5-7H,8H2,1-4H3,(H,16,21)(H,19,20). The average molecular weight is 305 g/mol. The Balaban J connectivity index is 2.23. The van der Waals surface area contributed by atoms with E-state index in [-0.39, 0.29) is 12.1 Å². The Labute approximate surface area is 127 Å². The summed E-state index contributed by atoms with van der Waals surface area (Å²) in [6, 6.07) is 4.90. The molecule has 1 amide bonds. The molecule has 22 heavy (non-hydrogen) atoms. The second-order valence-corrected chi connectivity index (χ2v) is 5.92. The van der Waals surface area contributed by atoms with Gasteiger partial charge >= 0.3 is 12.1 Å². The molecule has 118 valence electrons. The third-order valence-electron chi connectivity index (χ3n) is 3.01. The molecule has 7 nitrogen and oxygen atoms in total. The molecule has 2 aromatic rings. The first kappa shape index (κ1) is 15.8. The lowest BCUT2D eigenvalue weighted by atomic mass is 10.2. The maximum absolute atomic E-state index is 11.7. The molecular weight excluding hydrogens is 286 g/mol. The summed E-state index contributed by atoms with van der Waals surface area (Å²) < 4.78 is 6.82. The predicted molar refractivity (Wildman–Crippen MR) is 80.7 cm³/mol. The lowest BCUT2D eigenvalue weighted by molar-refractivity contribution is 0.0521. The van der Waals surface area contributed by atoms with E-state index < -0.39 is 17.7 Å². The molecule has 0 aliphatic carbocycles. The number of alkyl carbamates (subject to hydrolysis) is 1. The summed E-state index contributed by atoms with van der Waals surface area (Å²) >= 11 is 0. The summed E-state index contributed by atoms with van der Waals surface area (Å²) in [4.78, 5) is 27.3. The number of nitrogens with one attached hydrogen (secondary N) is 1. The summed E-state index contributed by atoms with van der Waals surface area (Å²) in [5.41, 5.74) is 0.697. The number of benzene rings is 1. The number of hydrogen-bond donors (Lipinski definition) is 2. The van der Waals surface area contributed by atoms with Gasteiger partial charge in [-0.05, 0) is 32.9 Å². The van der Waals surface area contributed by atoms with Crippen molar-refractivity contribution in [3.05, 3.63) is 29.6 Å². The third kappa shape index (κ3) is 3.36. The zero-order valence-corrected chi connectivity index (χ0v) is 13.0. The highest BCUT2D eigenvalue weighted by molar-refractivity contribution is 6.01. The van der Waals surface area contributed by atoms with Crippen LogP contribution in [0.2, 0.25) is 0 Å². The van der Waals surface area contributed by atoms with E-state index in [4.69, 9.17) is 4.74 Å². The minimum Gasteiger partial charge on any atom is -0.478 e. The molecule has 0 atom stereocenters. The van der Waals surface area contributed by atoms with Crippen molar-refractivity contribution < 1.29 is 19.4 Å². The minimum absolute atomic E-state index is 0.152. The number of ether oxygens (including phenoxy) is 1. The Morgan fingerprint density at radius 2 is 2.05 bits per heavy atom. The third-order valence-corrected chi connectivity index (χ3v) is 3.01. The number of rotatable bonds is 3. The van der Waals surface area contributed by atoms with Gasteiger partial charge in [0.1, 0.15) is 11.4 Å². The zero-order valence-electron chi connectivity index (χ0n) is 13.0. The van der Waals surface area contributed by atoms with Gasteiger partial charge in [-0.15, -0.1) is 0 Å². The lowest BCUT2D eigenvalue weighted by Crippen LogP contribution is -2.32. The topological polar surface area (TPSA) is 93.5 Å². The van der Waals surface area contributed by atoms with Crippen LogP contribution in [0.25, 0.3) is 11.0 Å². The van der Waals surface area contributed by atoms with Gasteiger partial charge in [-0.25, -0.2) is 14.6 Å². The van der Waals surface area contributed by atoms with Crippen LogP contribution in [0.1, 0.15) is 37.0 Å². The van der Waals surface area contributed by atoms with E-state index in [0.29, 0.717) is 16.9 Å². The van der Waals surface area contributed by atoms with E-state index in [1.165, 1.54) is 6.07 Å². The highest BCUT2D eigenvalue weighted by Gasteiger charge is 2.18. The number of para-hydroxylation sites is 1. The molecule has 0 bridgehead atoms. The number of aromatic carboxylic acids is 1. The van der Waals surface area contributed by atoms with Crippen LogP contribution < -0.4 is 5.32 Å². The van der Waals surface area contributed by atoms with E-state index in [2.05, 4.69) is 10.3 Å². The van der Waals surface area contributed by atoms with Crippen LogP contribution in [0, 0.1) is 0 Å². The van der Waals surface area contributed by atoms with E-state index >= 15 is 0 Å². The highest BCUT2D eigenvalue weighted by atomic mass is 16.6. The molecule has 0 aliphatic rings. The van der Waals surface area contributed by atoms with E-state index in [9.17, 15) is 14.7 Å². The van der Waals surface area contributed by atoms with Crippen molar-refractivity contribution >= 4 is 23.1 Å². The van der Waals surface area contributed by atoms with Gasteiger partial charge in [-0.2, -0.15) is 0 Å². The first-order chi connectivity index (χ1) is 10.2. The van der Waals surface area contributed by atoms with Crippen LogP contribution >= 0.6 is 0 Å². The Hall–Kier alpha value is -2.57. The average Bonchev–Trinajstić information content (AvgIpc) is 2.71. The number of amides is 1. The first-order valence-corrected chi connectivity index (χ1v) is 6.83. The Kier molecular flexibility index (Phi) is 4.07. The quantitative estimate of drug-likeness (QED) is 0.907. The van der Waals surface area contributed by atoms with Crippen LogP contribution in [0.4, 0.5) is 4.79 Å². The van der Waals surface area contributed by atoms with Crippen molar-refractivity contribution in [2.45, 2.75) is 32.9 Å². The molecule has 1 aromatic heterocycles. The predicted octanol–water partition coefficient (Wildman–Crippen LogP) is 2.30. The first-order valence-electron chi connectivity index (χ1n) is 6.83. The molecular formula is C15H19N3O4. The van der Waals surface area contributed by atoms with E-state index in [1.807, 2.05) is 0 Å². The minimum atomic E-state index is -1.01. The normalized spacial score (nSPS) is 11.5. The van der Waals surface area contributed by atoms with Crippen LogP contribution in [0.15, 0.2) is 18.2 Å². The maximum atomic E-state index is 11.7. The number of hydrogen-bond acceptors (Lipinski definition) is 4. The second-order valence-electron chi connectivity index (χ2n) is 5.92. The van der Waals surface area contributed by atoms with Crippen LogP contribution in [0.3, 0.4) is 0 Å². The van der Waals surface area contributed by atoms with Gasteiger partial charge in [-0.3, -0.25) is 0 Å². The fourth-order valence-corrected chi connectivity index (χ4v) is 2.11. The summed E-state index contributed by atoms with van der Waals surface area (Å²) in [6.45, 7) is 5.49. The van der Waals surface area contributed by atoms with Crippen molar-refractivity contribution in [3.8, 4) is 0 Å². The number of aromatic nitrogens is 2. The smallest absolute Gasteiger partial charge is 0.408 e. The molecule has 0 saturated carbocycles. The number of carbonyl (C=O) groups excluding carboxylic acids is 1. The van der Waals surface area contributed by atoms with Crippen molar-refractivity contribution in [2.24, 2.45) is 7.05 Å².